The van der Waals surface area contributed by atoms with Crippen LogP contribution in [0.3, 0.4) is 0 Å². The number of aryl methyl sites for hydroxylation is 3. The molecule has 0 unspecified atom stereocenters. The molecule has 5 heterocycles. The van der Waals surface area contributed by atoms with Crippen molar-refractivity contribution in [3.8, 4) is 50.3 Å². The molecular formula is C72H63N5O4. The SMILES string of the molecule is Cc1ccc(-c2c3nc(c(-c4ccc(C)cc4)c4ccc([nH]4)c(-c4ccc(OCCCCCCCCCCC(=O)Nc5cccc6c5C(=O)c5ccccc5C6=O)cc4)c4nc(c(-c5ccc(C)cc5)c5ccc2[nH]5)C=C4)C=C3)cc1. The number of hydrogen-bond acceptors (Lipinski definition) is 6. The number of aromatic amines is 2. The number of anilines is 1. The summed E-state index contributed by atoms with van der Waals surface area (Å²) >= 11 is 0. The van der Waals surface area contributed by atoms with Crippen LogP contribution in [-0.2, 0) is 4.79 Å². The van der Waals surface area contributed by atoms with Gasteiger partial charge in [0.25, 0.3) is 0 Å². The molecule has 400 valence electrons. The molecule has 8 bridgehead atoms. The Balaban J connectivity index is 0.746. The van der Waals surface area contributed by atoms with Gasteiger partial charge in [-0.2, -0.15) is 0 Å². The van der Waals surface area contributed by atoms with E-state index in [1.54, 1.807) is 42.5 Å². The van der Waals surface area contributed by atoms with Crippen LogP contribution in [0.1, 0.15) is 129 Å². The third-order valence-corrected chi connectivity index (χ3v) is 15.7. The quantitative estimate of drug-likeness (QED) is 0.0779. The minimum absolute atomic E-state index is 0.147. The number of ketones is 2. The minimum Gasteiger partial charge on any atom is -0.494 e. The molecule has 81 heavy (non-hydrogen) atoms. The maximum Gasteiger partial charge on any atom is 0.224 e. The zero-order valence-electron chi connectivity index (χ0n) is 46.0. The van der Waals surface area contributed by atoms with E-state index in [4.69, 9.17) is 14.7 Å². The highest BCUT2D eigenvalue weighted by Gasteiger charge is 2.32. The van der Waals surface area contributed by atoms with Gasteiger partial charge in [-0.05, 0) is 123 Å². The lowest BCUT2D eigenvalue weighted by Crippen LogP contribution is -2.23. The van der Waals surface area contributed by atoms with E-state index in [-0.39, 0.29) is 23.0 Å². The van der Waals surface area contributed by atoms with Gasteiger partial charge in [0.2, 0.25) is 5.91 Å². The van der Waals surface area contributed by atoms with E-state index in [0.29, 0.717) is 35.4 Å². The average molecular weight is 1060 g/mol. The van der Waals surface area contributed by atoms with Gasteiger partial charge in [0, 0.05) is 67.4 Å². The fourth-order valence-corrected chi connectivity index (χ4v) is 11.4. The Hall–Kier alpha value is -9.47. The molecular weight excluding hydrogens is 999 g/mol. The Bertz CT molecular complexity index is 4080. The van der Waals surface area contributed by atoms with E-state index in [1.807, 2.05) is 0 Å². The zero-order chi connectivity index (χ0) is 55.4. The first-order chi connectivity index (χ1) is 39.6. The van der Waals surface area contributed by atoms with E-state index in [1.165, 1.54) is 16.7 Å². The van der Waals surface area contributed by atoms with Crippen LogP contribution in [0, 0.1) is 20.8 Å². The Kier molecular flexibility index (Phi) is 14.9. The molecule has 3 aliphatic rings. The maximum absolute atomic E-state index is 13.4. The van der Waals surface area contributed by atoms with E-state index in [2.05, 4.69) is 182 Å². The van der Waals surface area contributed by atoms with Gasteiger partial charge in [0.05, 0.1) is 40.6 Å². The van der Waals surface area contributed by atoms with Crippen molar-refractivity contribution in [2.75, 3.05) is 11.9 Å². The highest BCUT2D eigenvalue weighted by atomic mass is 16.5. The Morgan fingerprint density at radius 2 is 0.790 bits per heavy atom. The van der Waals surface area contributed by atoms with Crippen LogP contribution in [0.5, 0.6) is 5.75 Å². The number of fused-ring (bicyclic) bond motifs is 10. The number of nitrogens with zero attached hydrogens (tertiary/aromatic N) is 2. The largest absolute Gasteiger partial charge is 0.494 e. The standard InChI is InChI=1S/C72H63N5O4/c1-45-20-26-48(27-21-45)66-57-36-38-59(73-57)67(49-28-22-46(2)23-29-49)61-40-42-63(75-61)69(64-43-41-62(76-64)68(60-39-37-58(66)74-60)50-30-24-47(3)25-31-50)51-32-34-52(35-33-51)81-44-13-9-7-5-4-6-8-10-19-65(78)77-56-18-14-17-55-70(56)72(80)54-16-12-11-15-53(54)71(55)79/h11-12,14-18,20-43,73,76H,4-10,13,19,44H2,1-3H3,(H,77,78). The van der Waals surface area contributed by atoms with Crippen molar-refractivity contribution in [2.24, 2.45) is 0 Å². The van der Waals surface area contributed by atoms with Crippen molar-refractivity contribution in [2.45, 2.75) is 78.6 Å². The van der Waals surface area contributed by atoms with Crippen molar-refractivity contribution in [1.29, 1.82) is 0 Å². The molecule has 2 aliphatic heterocycles. The van der Waals surface area contributed by atoms with E-state index < -0.39 is 0 Å². The molecule has 3 aromatic heterocycles. The number of unbranched alkanes of at least 4 members (excludes halogenated alkanes) is 7. The molecule has 1 amide bonds. The number of benzene rings is 6. The normalized spacial score (nSPS) is 12.4. The van der Waals surface area contributed by atoms with Crippen LogP contribution in [0.25, 0.3) is 90.9 Å². The van der Waals surface area contributed by atoms with Crippen LogP contribution in [-0.4, -0.2) is 44.0 Å². The predicted molar refractivity (Wildman–Crippen MR) is 330 cm³/mol. The molecule has 6 aromatic carbocycles. The summed E-state index contributed by atoms with van der Waals surface area (Å²) in [6, 6.07) is 55.0. The van der Waals surface area contributed by atoms with Crippen molar-refractivity contribution >= 4 is 69.5 Å². The predicted octanol–water partition coefficient (Wildman–Crippen LogP) is 17.6. The molecule has 9 aromatic rings. The highest BCUT2D eigenvalue weighted by Crippen LogP contribution is 2.40. The molecule has 3 N–H and O–H groups in total. The number of nitrogens with one attached hydrogen (secondary N) is 3. The summed E-state index contributed by atoms with van der Waals surface area (Å²) in [5, 5.41) is 2.92. The lowest BCUT2D eigenvalue weighted by Gasteiger charge is -2.20. The minimum atomic E-state index is -0.236. The molecule has 0 spiro atoms. The molecule has 0 atom stereocenters. The number of H-pyrrole nitrogens is 2. The molecule has 9 heteroatoms. The number of aromatic nitrogens is 4. The van der Waals surface area contributed by atoms with Crippen LogP contribution >= 0.6 is 0 Å². The lowest BCUT2D eigenvalue weighted by atomic mass is 9.83. The molecule has 0 saturated carbocycles. The number of amides is 1. The number of carbonyl (C=O) groups excluding carboxylic acids is 3. The average Bonchev–Trinajstić information content (AvgIpc) is 4.54. The summed E-state index contributed by atoms with van der Waals surface area (Å²) < 4.78 is 6.33. The molecule has 12 rings (SSSR count). The van der Waals surface area contributed by atoms with Gasteiger partial charge in [-0.3, -0.25) is 14.4 Å². The van der Waals surface area contributed by atoms with Crippen LogP contribution in [0.15, 0.2) is 164 Å². The first-order valence-electron chi connectivity index (χ1n) is 28.4. The van der Waals surface area contributed by atoms with Gasteiger partial charge < -0.3 is 20.0 Å². The van der Waals surface area contributed by atoms with Crippen LogP contribution in [0.4, 0.5) is 5.69 Å². The summed E-state index contributed by atoms with van der Waals surface area (Å²) in [4.78, 5) is 58.2. The highest BCUT2D eigenvalue weighted by molar-refractivity contribution is 6.30. The van der Waals surface area contributed by atoms with E-state index in [0.717, 1.165) is 146 Å². The molecule has 9 nitrogen and oxygen atoms in total. The number of rotatable bonds is 17. The summed E-state index contributed by atoms with van der Waals surface area (Å²) in [5.74, 6) is 0.245. The Labute approximate surface area is 472 Å². The van der Waals surface area contributed by atoms with Gasteiger partial charge in [0.15, 0.2) is 11.6 Å². The first-order valence-corrected chi connectivity index (χ1v) is 28.4. The second kappa shape index (κ2) is 23.1. The van der Waals surface area contributed by atoms with Crippen molar-refractivity contribution < 1.29 is 19.1 Å². The number of hydrogen-bond donors (Lipinski definition) is 3. The fourth-order valence-electron chi connectivity index (χ4n) is 11.4. The van der Waals surface area contributed by atoms with Gasteiger partial charge in [-0.25, -0.2) is 9.97 Å². The topological polar surface area (TPSA) is 130 Å². The van der Waals surface area contributed by atoms with Crippen LogP contribution < -0.4 is 10.1 Å². The van der Waals surface area contributed by atoms with Gasteiger partial charge in [0.1, 0.15) is 5.75 Å². The third kappa shape index (κ3) is 11.0. The molecule has 0 radical (unpaired) electrons. The summed E-state index contributed by atoms with van der Waals surface area (Å²) in [7, 11) is 0. The number of carbonyl (C=O) groups is 3. The summed E-state index contributed by atoms with van der Waals surface area (Å²) in [5.41, 5.74) is 20.9. The molecule has 0 saturated heterocycles. The van der Waals surface area contributed by atoms with E-state index >= 15 is 0 Å². The first kappa shape index (κ1) is 52.2. The monoisotopic (exact) mass is 1060 g/mol. The smallest absolute Gasteiger partial charge is 0.224 e. The lowest BCUT2D eigenvalue weighted by molar-refractivity contribution is -0.116. The zero-order valence-corrected chi connectivity index (χ0v) is 46.0. The van der Waals surface area contributed by atoms with E-state index in [9.17, 15) is 14.4 Å². The Morgan fingerprint density at radius 3 is 1.23 bits per heavy atom. The van der Waals surface area contributed by atoms with Crippen molar-refractivity contribution in [3.63, 3.8) is 0 Å². The van der Waals surface area contributed by atoms with Crippen LogP contribution in [0.2, 0.25) is 0 Å². The third-order valence-electron chi connectivity index (χ3n) is 15.7. The summed E-state index contributed by atoms with van der Waals surface area (Å²) in [6.45, 7) is 6.98. The van der Waals surface area contributed by atoms with Gasteiger partial charge in [-0.1, -0.05) is 177 Å². The number of ether oxygens (including phenoxy) is 1. The van der Waals surface area contributed by atoms with Gasteiger partial charge in [-0.15, -0.1) is 0 Å². The van der Waals surface area contributed by atoms with Crippen molar-refractivity contribution in [1.82, 2.24) is 19.9 Å². The summed E-state index contributed by atoms with van der Waals surface area (Å²) in [6.07, 6.45) is 17.1. The fraction of sp³-hybridized carbons (Fsp3) is 0.181. The maximum atomic E-state index is 13.4. The molecule has 0 fully saturated rings. The van der Waals surface area contributed by atoms with Gasteiger partial charge >= 0.3 is 0 Å². The second-order valence-corrected chi connectivity index (χ2v) is 21.5. The Morgan fingerprint density at radius 1 is 0.407 bits per heavy atom. The van der Waals surface area contributed by atoms with Crippen molar-refractivity contribution in [3.05, 3.63) is 226 Å². The molecule has 1 aliphatic carbocycles. The second-order valence-electron chi connectivity index (χ2n) is 21.5.